The van der Waals surface area contributed by atoms with Crippen LogP contribution in [0, 0.1) is 0 Å². The number of fused-ring (bicyclic) bond motifs is 1. The molecular weight excluding hydrogens is 336 g/mol. The van der Waals surface area contributed by atoms with Gasteiger partial charge in [0, 0.05) is 13.0 Å². The van der Waals surface area contributed by atoms with Gasteiger partial charge in [-0.15, -0.1) is 0 Å². The van der Waals surface area contributed by atoms with Crippen LogP contribution in [0.1, 0.15) is 43.7 Å². The van der Waals surface area contributed by atoms with Crippen LogP contribution in [0.2, 0.25) is 0 Å². The predicted molar refractivity (Wildman–Crippen MR) is 110 cm³/mol. The lowest BCUT2D eigenvalue weighted by Crippen LogP contribution is -2.28. The van der Waals surface area contributed by atoms with E-state index in [0.717, 1.165) is 43.9 Å². The summed E-state index contributed by atoms with van der Waals surface area (Å²) in [4.78, 5) is 14.9. The number of rotatable bonds is 9. The predicted octanol–water partition coefficient (Wildman–Crippen LogP) is 4.47. The number of anilines is 1. The fourth-order valence-electron chi connectivity index (χ4n) is 3.80. The van der Waals surface area contributed by atoms with Gasteiger partial charge in [-0.3, -0.25) is 4.79 Å². The molecular formula is C23H30N2O2. The van der Waals surface area contributed by atoms with E-state index < -0.39 is 0 Å². The Labute approximate surface area is 162 Å². The SMILES string of the molecule is CCN(CC)CCOc1ccccc1NC(=O)CC1CCc2ccccc21. The second-order valence-corrected chi connectivity index (χ2v) is 7.06. The number of amides is 1. The summed E-state index contributed by atoms with van der Waals surface area (Å²) in [5.74, 6) is 1.11. The zero-order valence-corrected chi connectivity index (χ0v) is 16.4. The van der Waals surface area contributed by atoms with Crippen molar-refractivity contribution in [3.63, 3.8) is 0 Å². The quantitative estimate of drug-likeness (QED) is 0.712. The molecule has 1 aliphatic carbocycles. The summed E-state index contributed by atoms with van der Waals surface area (Å²) in [7, 11) is 0. The lowest BCUT2D eigenvalue weighted by molar-refractivity contribution is -0.116. The molecule has 2 aromatic carbocycles. The highest BCUT2D eigenvalue weighted by Crippen LogP contribution is 2.35. The molecule has 4 heteroatoms. The van der Waals surface area contributed by atoms with E-state index >= 15 is 0 Å². The Morgan fingerprint density at radius 3 is 2.67 bits per heavy atom. The molecule has 0 aromatic heterocycles. The third kappa shape index (κ3) is 5.10. The van der Waals surface area contributed by atoms with Gasteiger partial charge >= 0.3 is 0 Å². The Kier molecular flexibility index (Phi) is 6.88. The molecule has 0 bridgehead atoms. The van der Waals surface area contributed by atoms with Crippen molar-refractivity contribution in [2.75, 3.05) is 31.6 Å². The molecule has 0 heterocycles. The number of para-hydroxylation sites is 2. The maximum atomic E-state index is 12.6. The van der Waals surface area contributed by atoms with Crippen LogP contribution in [0.15, 0.2) is 48.5 Å². The molecule has 0 saturated heterocycles. The van der Waals surface area contributed by atoms with Crippen molar-refractivity contribution in [1.82, 2.24) is 4.90 Å². The molecule has 0 spiro atoms. The topological polar surface area (TPSA) is 41.6 Å². The van der Waals surface area contributed by atoms with Crippen LogP contribution in [-0.4, -0.2) is 37.0 Å². The average Bonchev–Trinajstić information content (AvgIpc) is 3.09. The van der Waals surface area contributed by atoms with Crippen molar-refractivity contribution < 1.29 is 9.53 Å². The minimum absolute atomic E-state index is 0.0523. The summed E-state index contributed by atoms with van der Waals surface area (Å²) in [6, 6.07) is 16.2. The number of nitrogens with one attached hydrogen (secondary N) is 1. The number of ether oxygens (including phenoxy) is 1. The first-order valence-electron chi connectivity index (χ1n) is 10.0. The fourth-order valence-corrected chi connectivity index (χ4v) is 3.80. The van der Waals surface area contributed by atoms with E-state index in [1.165, 1.54) is 11.1 Å². The monoisotopic (exact) mass is 366 g/mol. The summed E-state index contributed by atoms with van der Waals surface area (Å²) < 4.78 is 5.94. The van der Waals surface area contributed by atoms with Gasteiger partial charge in [0.05, 0.1) is 5.69 Å². The van der Waals surface area contributed by atoms with E-state index in [2.05, 4.69) is 48.3 Å². The number of nitrogens with zero attached hydrogens (tertiary/aromatic N) is 1. The molecule has 4 nitrogen and oxygen atoms in total. The molecule has 1 amide bonds. The van der Waals surface area contributed by atoms with Gasteiger partial charge < -0.3 is 15.0 Å². The lowest BCUT2D eigenvalue weighted by Gasteiger charge is -2.19. The molecule has 1 unspecified atom stereocenters. The van der Waals surface area contributed by atoms with Gasteiger partial charge in [-0.1, -0.05) is 50.2 Å². The molecule has 1 N–H and O–H groups in total. The van der Waals surface area contributed by atoms with Gasteiger partial charge in [0.25, 0.3) is 0 Å². The normalized spacial score (nSPS) is 15.6. The maximum Gasteiger partial charge on any atom is 0.225 e. The van der Waals surface area contributed by atoms with Crippen LogP contribution < -0.4 is 10.1 Å². The molecule has 1 aliphatic rings. The van der Waals surface area contributed by atoms with E-state index in [4.69, 9.17) is 4.74 Å². The summed E-state index contributed by atoms with van der Waals surface area (Å²) in [5.41, 5.74) is 3.47. The zero-order valence-electron chi connectivity index (χ0n) is 16.4. The minimum Gasteiger partial charge on any atom is -0.490 e. The van der Waals surface area contributed by atoms with Gasteiger partial charge in [0.1, 0.15) is 12.4 Å². The minimum atomic E-state index is 0.0523. The third-order valence-corrected chi connectivity index (χ3v) is 5.41. The zero-order chi connectivity index (χ0) is 19.1. The van der Waals surface area contributed by atoms with Crippen molar-refractivity contribution >= 4 is 11.6 Å². The highest BCUT2D eigenvalue weighted by Gasteiger charge is 2.24. The third-order valence-electron chi connectivity index (χ3n) is 5.41. The fraction of sp³-hybridized carbons (Fsp3) is 0.435. The number of hydrogen-bond acceptors (Lipinski definition) is 3. The molecule has 1 atom stereocenters. The van der Waals surface area contributed by atoms with Crippen LogP contribution >= 0.6 is 0 Å². The first kappa shape index (κ1) is 19.4. The molecule has 0 saturated carbocycles. The largest absolute Gasteiger partial charge is 0.490 e. The van der Waals surface area contributed by atoms with Crippen molar-refractivity contribution in [1.29, 1.82) is 0 Å². The Bertz CT molecular complexity index is 756. The van der Waals surface area contributed by atoms with Crippen LogP contribution in [0.3, 0.4) is 0 Å². The Morgan fingerprint density at radius 1 is 1.11 bits per heavy atom. The van der Waals surface area contributed by atoms with Crippen LogP contribution in [0.25, 0.3) is 0 Å². The van der Waals surface area contributed by atoms with Crippen LogP contribution in [0.4, 0.5) is 5.69 Å². The smallest absolute Gasteiger partial charge is 0.225 e. The van der Waals surface area contributed by atoms with Crippen LogP contribution in [-0.2, 0) is 11.2 Å². The summed E-state index contributed by atoms with van der Waals surface area (Å²) in [6.45, 7) is 7.83. The van der Waals surface area contributed by atoms with Crippen molar-refractivity contribution in [3.05, 3.63) is 59.7 Å². The van der Waals surface area contributed by atoms with Crippen molar-refractivity contribution in [3.8, 4) is 5.75 Å². The summed E-state index contributed by atoms with van der Waals surface area (Å²) in [5, 5.41) is 3.06. The molecule has 3 rings (SSSR count). The van der Waals surface area contributed by atoms with Gasteiger partial charge in [-0.05, 0) is 55.1 Å². The highest BCUT2D eigenvalue weighted by atomic mass is 16.5. The lowest BCUT2D eigenvalue weighted by atomic mass is 9.97. The Balaban J connectivity index is 1.57. The standard InChI is InChI=1S/C23H30N2O2/c1-3-25(4-2)15-16-27-22-12-8-7-11-21(22)24-23(26)17-19-14-13-18-9-5-6-10-20(18)19/h5-12,19H,3-4,13-17H2,1-2H3,(H,24,26). The molecule has 2 aromatic rings. The second-order valence-electron chi connectivity index (χ2n) is 7.06. The maximum absolute atomic E-state index is 12.6. The highest BCUT2D eigenvalue weighted by molar-refractivity contribution is 5.92. The number of carbonyl (C=O) groups excluding carboxylic acids is 1. The average molecular weight is 367 g/mol. The summed E-state index contributed by atoms with van der Waals surface area (Å²) in [6.07, 6.45) is 2.64. The first-order valence-corrected chi connectivity index (χ1v) is 10.0. The molecule has 27 heavy (non-hydrogen) atoms. The first-order chi connectivity index (χ1) is 13.2. The van der Waals surface area contributed by atoms with Gasteiger partial charge in [-0.2, -0.15) is 0 Å². The second kappa shape index (κ2) is 9.56. The van der Waals surface area contributed by atoms with Gasteiger partial charge in [0.15, 0.2) is 0 Å². The summed E-state index contributed by atoms with van der Waals surface area (Å²) >= 11 is 0. The number of carbonyl (C=O) groups is 1. The van der Waals surface area contributed by atoms with Crippen molar-refractivity contribution in [2.45, 2.75) is 39.0 Å². The molecule has 144 valence electrons. The van der Waals surface area contributed by atoms with Crippen molar-refractivity contribution in [2.24, 2.45) is 0 Å². The van der Waals surface area contributed by atoms with Gasteiger partial charge in [-0.25, -0.2) is 0 Å². The van der Waals surface area contributed by atoms with E-state index in [-0.39, 0.29) is 5.91 Å². The number of benzene rings is 2. The van der Waals surface area contributed by atoms with E-state index in [9.17, 15) is 4.79 Å². The van der Waals surface area contributed by atoms with Crippen LogP contribution in [0.5, 0.6) is 5.75 Å². The van der Waals surface area contributed by atoms with Gasteiger partial charge in [0.2, 0.25) is 5.91 Å². The number of likely N-dealkylation sites (N-methyl/N-ethyl adjacent to an activating group) is 1. The van der Waals surface area contributed by atoms with E-state index in [1.54, 1.807) is 0 Å². The molecule has 0 fully saturated rings. The molecule has 0 radical (unpaired) electrons. The number of aryl methyl sites for hydroxylation is 1. The van der Waals surface area contributed by atoms with E-state index in [1.807, 2.05) is 24.3 Å². The number of hydrogen-bond donors (Lipinski definition) is 1. The van der Waals surface area contributed by atoms with E-state index in [0.29, 0.717) is 18.9 Å². The Hall–Kier alpha value is -2.33. The molecule has 0 aliphatic heterocycles. The Morgan fingerprint density at radius 2 is 1.85 bits per heavy atom.